The Kier molecular flexibility index (Phi) is 11.3. The molecule has 10 rings (SSSR count). The number of anilines is 1. The molecule has 0 radical (unpaired) electrons. The van der Waals surface area contributed by atoms with Crippen LogP contribution in [0.15, 0.2) is 44.5 Å². The first-order valence-corrected chi connectivity index (χ1v) is 22.4. The van der Waals surface area contributed by atoms with Crippen LogP contribution in [0, 0.1) is 18.6 Å². The highest BCUT2D eigenvalue weighted by atomic mass is 19.4. The number of hydrogen-bond donors (Lipinski definition) is 1. The number of benzene rings is 2. The van der Waals surface area contributed by atoms with Gasteiger partial charge in [0.2, 0.25) is 0 Å². The maximum Gasteiger partial charge on any atom is 0.519 e. The lowest BCUT2D eigenvalue weighted by atomic mass is 9.92. The van der Waals surface area contributed by atoms with Crippen molar-refractivity contribution >= 4 is 33.6 Å². The molecule has 4 saturated heterocycles. The van der Waals surface area contributed by atoms with E-state index in [2.05, 4.69) is 26.1 Å². The average molecular weight is 985 g/mol. The molecule has 69 heavy (non-hydrogen) atoms. The van der Waals surface area contributed by atoms with E-state index < -0.39 is 59.8 Å². The lowest BCUT2D eigenvalue weighted by Crippen LogP contribution is -2.68. The Morgan fingerprint density at radius 1 is 0.913 bits per heavy atom. The molecule has 5 aromatic rings. The maximum absolute atomic E-state index is 17.7. The first kappa shape index (κ1) is 47.1. The monoisotopic (exact) mass is 984 g/mol. The molecule has 0 amide bonds. The molecule has 0 unspecified atom stereocenters. The third-order valence-electron chi connectivity index (χ3n) is 14.9. The molecule has 5 atom stereocenters. The van der Waals surface area contributed by atoms with Gasteiger partial charge in [-0.3, -0.25) is 9.80 Å². The van der Waals surface area contributed by atoms with Gasteiger partial charge in [-0.1, -0.05) is 18.7 Å². The molecule has 3 aromatic heterocycles. The zero-order valence-electron chi connectivity index (χ0n) is 36.6. The Labute approximate surface area is 384 Å². The van der Waals surface area contributed by atoms with Gasteiger partial charge in [0, 0.05) is 47.2 Å². The number of phenolic OH excluding ortho intramolecular Hbond substituents is 1. The van der Waals surface area contributed by atoms with Gasteiger partial charge in [-0.05, 0) is 94.8 Å². The molecular weight excluding hydrogens is 942 g/mol. The first-order valence-electron chi connectivity index (χ1n) is 22.4. The van der Waals surface area contributed by atoms with Crippen molar-refractivity contribution in [2.24, 2.45) is 0 Å². The normalized spacial score (nSPS) is 24.5. The van der Waals surface area contributed by atoms with Gasteiger partial charge in [0.1, 0.15) is 41.0 Å². The number of piperazine rings is 1. The van der Waals surface area contributed by atoms with Crippen molar-refractivity contribution in [3.05, 3.63) is 75.9 Å². The van der Waals surface area contributed by atoms with Crippen molar-refractivity contribution in [1.82, 2.24) is 24.8 Å². The quantitative estimate of drug-likeness (QED) is 0.134. The molecule has 4 fully saturated rings. The number of aromatic hydroxyl groups is 1. The summed E-state index contributed by atoms with van der Waals surface area (Å²) in [5.74, 6) is -1.70. The van der Waals surface area contributed by atoms with Gasteiger partial charge in [-0.15, -0.1) is 0 Å². The average Bonchev–Trinajstić information content (AvgIpc) is 4.00. The van der Waals surface area contributed by atoms with Crippen LogP contribution in [0.1, 0.15) is 74.1 Å². The number of aromatic nitrogens is 3. The van der Waals surface area contributed by atoms with Crippen LogP contribution in [0.3, 0.4) is 0 Å². The SMILES string of the molecule is C=Cc1c(F)ccc2cc(O)cc(-c3nc4c5c(nc(OC[C@@]67CCCN6[C@H](COC(C(F)(F)F)(C(F)(F)F)C(F)(F)F)CC7)nc5c3F)N3C[C@H]5CC[C@@H]([C@H]3CCC4)N5Cc3oc(=O)oc3C)c12. The highest BCUT2D eigenvalue weighted by Crippen LogP contribution is 2.56. The van der Waals surface area contributed by atoms with Gasteiger partial charge in [0.05, 0.1) is 29.8 Å². The maximum atomic E-state index is 17.7. The number of alkyl halides is 9. The van der Waals surface area contributed by atoms with Crippen LogP contribution in [0.25, 0.3) is 39.0 Å². The Hall–Kier alpha value is -5.55. The molecule has 0 aliphatic carbocycles. The second-order valence-corrected chi connectivity index (χ2v) is 18.5. The van der Waals surface area contributed by atoms with Gasteiger partial charge in [0.15, 0.2) is 11.6 Å². The van der Waals surface area contributed by atoms with Crippen LogP contribution in [0.5, 0.6) is 11.8 Å². The topological polar surface area (TPSA) is 130 Å². The van der Waals surface area contributed by atoms with E-state index in [4.69, 9.17) is 23.5 Å². The molecule has 12 nitrogen and oxygen atoms in total. The molecule has 1 N–H and O–H groups in total. The summed E-state index contributed by atoms with van der Waals surface area (Å²) in [4.78, 5) is 32.1. The third kappa shape index (κ3) is 7.50. The number of nitrogens with zero attached hydrogens (tertiary/aromatic N) is 6. The lowest BCUT2D eigenvalue weighted by molar-refractivity contribution is -0.458. The van der Waals surface area contributed by atoms with Gasteiger partial charge < -0.3 is 28.3 Å². The molecule has 2 aromatic carbocycles. The number of rotatable bonds is 10. The third-order valence-corrected chi connectivity index (χ3v) is 14.9. The summed E-state index contributed by atoms with van der Waals surface area (Å²) in [6, 6.07) is 3.17. The van der Waals surface area contributed by atoms with Crippen molar-refractivity contribution in [1.29, 1.82) is 0 Å². The van der Waals surface area contributed by atoms with E-state index in [-0.39, 0.29) is 101 Å². The van der Waals surface area contributed by atoms with Gasteiger partial charge >= 0.3 is 36.0 Å². The van der Waals surface area contributed by atoms with Crippen LogP contribution >= 0.6 is 0 Å². The predicted molar refractivity (Wildman–Crippen MR) is 224 cm³/mol. The molecule has 0 saturated carbocycles. The summed E-state index contributed by atoms with van der Waals surface area (Å²) < 4.78 is 178. The zero-order chi connectivity index (χ0) is 49.2. The zero-order valence-corrected chi connectivity index (χ0v) is 36.6. The summed E-state index contributed by atoms with van der Waals surface area (Å²) in [6.07, 6.45) is -15.8. The second-order valence-electron chi connectivity index (χ2n) is 18.5. The Morgan fingerprint density at radius 2 is 1.67 bits per heavy atom. The molecule has 2 bridgehead atoms. The smallest absolute Gasteiger partial charge is 0.508 e. The number of ether oxygens (including phenoxy) is 2. The minimum atomic E-state index is -6.89. The molecule has 370 valence electrons. The Morgan fingerprint density at radius 3 is 2.36 bits per heavy atom. The van der Waals surface area contributed by atoms with Gasteiger partial charge in [-0.25, -0.2) is 18.6 Å². The van der Waals surface area contributed by atoms with Crippen molar-refractivity contribution in [3.8, 4) is 23.0 Å². The van der Waals surface area contributed by atoms with E-state index in [9.17, 15) is 49.4 Å². The minimum absolute atomic E-state index is 0.0292. The number of pyridine rings is 1. The highest BCUT2D eigenvalue weighted by molar-refractivity contribution is 6.04. The molecular formula is C46H43F11N6O6. The summed E-state index contributed by atoms with van der Waals surface area (Å²) in [6.45, 7) is 4.25. The van der Waals surface area contributed by atoms with Crippen molar-refractivity contribution in [2.45, 2.75) is 125 Å². The van der Waals surface area contributed by atoms with Crippen molar-refractivity contribution < 1.29 is 71.7 Å². The van der Waals surface area contributed by atoms with Crippen LogP contribution in [0.2, 0.25) is 0 Å². The fraction of sp³-hybridized carbons (Fsp3) is 0.522. The fourth-order valence-corrected chi connectivity index (χ4v) is 11.8. The Balaban J connectivity index is 1.05. The van der Waals surface area contributed by atoms with E-state index in [1.54, 1.807) is 6.92 Å². The van der Waals surface area contributed by atoms with E-state index in [0.29, 0.717) is 61.4 Å². The number of phenols is 1. The van der Waals surface area contributed by atoms with Crippen molar-refractivity contribution in [3.63, 3.8) is 0 Å². The van der Waals surface area contributed by atoms with E-state index >= 15 is 8.78 Å². The van der Waals surface area contributed by atoms with Gasteiger partial charge in [-0.2, -0.15) is 49.5 Å². The minimum Gasteiger partial charge on any atom is -0.508 e. The van der Waals surface area contributed by atoms with Crippen LogP contribution in [-0.4, -0.2) is 110 Å². The Bertz CT molecular complexity index is 2880. The number of aryl methyl sites for hydroxylation is 2. The van der Waals surface area contributed by atoms with E-state index in [1.807, 2.05) is 0 Å². The molecule has 5 aliphatic heterocycles. The highest BCUT2D eigenvalue weighted by Gasteiger charge is 2.85. The van der Waals surface area contributed by atoms with E-state index in [0.717, 1.165) is 12.8 Å². The van der Waals surface area contributed by atoms with Crippen LogP contribution in [0.4, 0.5) is 54.1 Å². The van der Waals surface area contributed by atoms with Gasteiger partial charge in [0.25, 0.3) is 0 Å². The summed E-state index contributed by atoms with van der Waals surface area (Å²) in [5, 5.41) is 11.7. The molecule has 0 spiro atoms. The van der Waals surface area contributed by atoms with Crippen LogP contribution in [-0.2, 0) is 17.7 Å². The summed E-state index contributed by atoms with van der Waals surface area (Å²) in [7, 11) is 0. The fourth-order valence-electron chi connectivity index (χ4n) is 11.8. The lowest BCUT2D eigenvalue weighted by Gasteiger charge is -2.48. The molecule has 5 aliphatic rings. The van der Waals surface area contributed by atoms with Crippen molar-refractivity contribution in [2.75, 3.05) is 31.2 Å². The number of hydrogen-bond acceptors (Lipinski definition) is 12. The molecule has 8 heterocycles. The molecule has 23 heteroatoms. The number of halogens is 11. The standard InChI is InChI=1S/C46H43F11N6O6/c1-3-27-29(47)10-8-23-16-26(64)17-28(34(23)27)37-36(48)38-35-30(58-37)6-4-7-31-32-11-9-24(61(32)19-33-22(2)68-41(65)69-33)18-62(31)39(35)60-40(59-38)66-21-42-13-5-15-63(42)25(12-14-42)20-67-43(44(49,50)51,45(52,53)54)46(55,56)57/h3,8,10,16-17,24-25,31-32,64H,1,4-7,9,11-15,18-21H2,2H3/t24-,25+,31-,32+,42+/m1/s1. The van der Waals surface area contributed by atoms with Crippen LogP contribution < -0.4 is 15.5 Å². The largest absolute Gasteiger partial charge is 0.519 e. The second kappa shape index (κ2) is 16.5. The first-order chi connectivity index (χ1) is 32.6. The summed E-state index contributed by atoms with van der Waals surface area (Å²) >= 11 is 0. The summed E-state index contributed by atoms with van der Waals surface area (Å²) in [5.41, 5.74) is -7.58. The predicted octanol–water partition coefficient (Wildman–Crippen LogP) is 9.70. The number of fused-ring (bicyclic) bond motifs is 7. The van der Waals surface area contributed by atoms with E-state index in [1.165, 1.54) is 35.2 Å².